The van der Waals surface area contributed by atoms with Crippen molar-refractivity contribution in [1.29, 1.82) is 0 Å². The Morgan fingerprint density at radius 3 is 2.94 bits per heavy atom. The van der Waals surface area contributed by atoms with Gasteiger partial charge in [0.2, 0.25) is 5.88 Å². The third-order valence-electron chi connectivity index (χ3n) is 3.58. The maximum Gasteiger partial charge on any atom is 0.213 e. The van der Waals surface area contributed by atoms with Crippen molar-refractivity contribution in [3.05, 3.63) is 23.9 Å². The SMILES string of the molecule is COc1cccc(COC2CCCCC2CN)n1. The maximum absolute atomic E-state index is 5.97. The fraction of sp³-hybridized carbons (Fsp3) is 0.643. The summed E-state index contributed by atoms with van der Waals surface area (Å²) in [5.41, 5.74) is 6.71. The summed E-state index contributed by atoms with van der Waals surface area (Å²) in [6.45, 7) is 1.26. The molecule has 2 rings (SSSR count). The first-order valence-corrected chi connectivity index (χ1v) is 6.65. The van der Waals surface area contributed by atoms with Crippen molar-refractivity contribution in [2.75, 3.05) is 13.7 Å². The molecule has 0 radical (unpaired) electrons. The van der Waals surface area contributed by atoms with Crippen LogP contribution in [0.4, 0.5) is 0 Å². The molecule has 0 aromatic carbocycles. The van der Waals surface area contributed by atoms with E-state index >= 15 is 0 Å². The van der Waals surface area contributed by atoms with E-state index < -0.39 is 0 Å². The fourth-order valence-corrected chi connectivity index (χ4v) is 2.51. The van der Waals surface area contributed by atoms with Crippen LogP contribution in [0.5, 0.6) is 5.88 Å². The highest BCUT2D eigenvalue weighted by atomic mass is 16.5. The summed E-state index contributed by atoms with van der Waals surface area (Å²) in [7, 11) is 1.62. The largest absolute Gasteiger partial charge is 0.481 e. The molecular formula is C14H22N2O2. The molecule has 0 spiro atoms. The summed E-state index contributed by atoms with van der Waals surface area (Å²) in [5, 5.41) is 0. The van der Waals surface area contributed by atoms with E-state index in [0.717, 1.165) is 18.7 Å². The minimum absolute atomic E-state index is 0.289. The Kier molecular flexibility index (Phi) is 4.96. The second-order valence-electron chi connectivity index (χ2n) is 4.80. The Bertz CT molecular complexity index is 371. The van der Waals surface area contributed by atoms with Crippen LogP contribution in [0.15, 0.2) is 18.2 Å². The lowest BCUT2D eigenvalue weighted by Gasteiger charge is -2.30. The van der Waals surface area contributed by atoms with Gasteiger partial charge in [-0.15, -0.1) is 0 Å². The summed E-state index contributed by atoms with van der Waals surface area (Å²) >= 11 is 0. The van der Waals surface area contributed by atoms with Crippen molar-refractivity contribution in [3.63, 3.8) is 0 Å². The summed E-state index contributed by atoms with van der Waals surface area (Å²) in [6, 6.07) is 5.74. The van der Waals surface area contributed by atoms with Crippen LogP contribution in [-0.2, 0) is 11.3 Å². The Balaban J connectivity index is 1.89. The van der Waals surface area contributed by atoms with Gasteiger partial charge in [0.25, 0.3) is 0 Å². The lowest BCUT2D eigenvalue weighted by atomic mass is 9.86. The van der Waals surface area contributed by atoms with Gasteiger partial charge in [-0.3, -0.25) is 0 Å². The highest BCUT2D eigenvalue weighted by molar-refractivity contribution is 5.15. The van der Waals surface area contributed by atoms with Gasteiger partial charge in [-0.2, -0.15) is 0 Å². The van der Waals surface area contributed by atoms with Crippen molar-refractivity contribution < 1.29 is 9.47 Å². The lowest BCUT2D eigenvalue weighted by Crippen LogP contribution is -2.33. The summed E-state index contributed by atoms with van der Waals surface area (Å²) in [6.07, 6.45) is 5.11. The monoisotopic (exact) mass is 250 g/mol. The molecule has 2 unspecified atom stereocenters. The molecule has 2 atom stereocenters. The number of pyridine rings is 1. The molecule has 4 nitrogen and oxygen atoms in total. The molecule has 0 aliphatic heterocycles. The van der Waals surface area contributed by atoms with Gasteiger partial charge in [-0.1, -0.05) is 18.9 Å². The Morgan fingerprint density at radius 1 is 1.33 bits per heavy atom. The van der Waals surface area contributed by atoms with Gasteiger partial charge in [0.15, 0.2) is 0 Å². The molecule has 0 saturated heterocycles. The zero-order valence-corrected chi connectivity index (χ0v) is 11.0. The number of ether oxygens (including phenoxy) is 2. The van der Waals surface area contributed by atoms with E-state index in [0.29, 0.717) is 18.4 Å². The van der Waals surface area contributed by atoms with E-state index in [-0.39, 0.29) is 6.10 Å². The quantitative estimate of drug-likeness (QED) is 0.869. The van der Waals surface area contributed by atoms with E-state index in [1.807, 2.05) is 18.2 Å². The summed E-state index contributed by atoms with van der Waals surface area (Å²) in [4.78, 5) is 4.35. The van der Waals surface area contributed by atoms with Crippen LogP contribution in [0, 0.1) is 5.92 Å². The summed E-state index contributed by atoms with van der Waals surface area (Å²) in [5.74, 6) is 1.14. The van der Waals surface area contributed by atoms with E-state index in [4.69, 9.17) is 15.2 Å². The number of hydrogen-bond donors (Lipinski definition) is 1. The number of rotatable bonds is 5. The zero-order chi connectivity index (χ0) is 12.8. The molecule has 18 heavy (non-hydrogen) atoms. The molecule has 1 heterocycles. The van der Waals surface area contributed by atoms with Gasteiger partial charge in [-0.25, -0.2) is 4.98 Å². The predicted molar refractivity (Wildman–Crippen MR) is 70.4 cm³/mol. The van der Waals surface area contributed by atoms with E-state index in [1.54, 1.807) is 7.11 Å². The smallest absolute Gasteiger partial charge is 0.213 e. The van der Waals surface area contributed by atoms with Crippen LogP contribution < -0.4 is 10.5 Å². The minimum Gasteiger partial charge on any atom is -0.481 e. The van der Waals surface area contributed by atoms with Gasteiger partial charge in [0.1, 0.15) is 0 Å². The third kappa shape index (κ3) is 3.43. The topological polar surface area (TPSA) is 57.4 Å². The number of nitrogens with two attached hydrogens (primary N) is 1. The standard InChI is InChI=1S/C14H22N2O2/c1-17-14-8-4-6-12(16-14)10-18-13-7-3-2-5-11(13)9-15/h4,6,8,11,13H,2-3,5,7,9-10,15H2,1H3. The van der Waals surface area contributed by atoms with E-state index in [2.05, 4.69) is 4.98 Å². The molecule has 1 aliphatic rings. The van der Waals surface area contributed by atoms with Gasteiger partial charge < -0.3 is 15.2 Å². The first-order valence-electron chi connectivity index (χ1n) is 6.65. The second kappa shape index (κ2) is 6.71. The van der Waals surface area contributed by atoms with E-state index in [9.17, 15) is 0 Å². The Labute approximate surface area is 108 Å². The maximum atomic E-state index is 5.97. The molecule has 2 N–H and O–H groups in total. The fourth-order valence-electron chi connectivity index (χ4n) is 2.51. The molecule has 1 saturated carbocycles. The van der Waals surface area contributed by atoms with Crippen LogP contribution in [0.3, 0.4) is 0 Å². The second-order valence-corrected chi connectivity index (χ2v) is 4.80. The molecule has 0 amide bonds. The number of hydrogen-bond acceptors (Lipinski definition) is 4. The lowest BCUT2D eigenvalue weighted by molar-refractivity contribution is -0.0197. The molecule has 4 heteroatoms. The normalized spacial score (nSPS) is 23.9. The van der Waals surface area contributed by atoms with Gasteiger partial charge in [-0.05, 0) is 31.4 Å². The molecule has 1 aromatic heterocycles. The van der Waals surface area contributed by atoms with Crippen molar-refractivity contribution >= 4 is 0 Å². The highest BCUT2D eigenvalue weighted by Crippen LogP contribution is 2.26. The molecular weight excluding hydrogens is 228 g/mol. The van der Waals surface area contributed by atoms with Crippen LogP contribution in [0.2, 0.25) is 0 Å². The average Bonchev–Trinajstić information content (AvgIpc) is 2.45. The predicted octanol–water partition coefficient (Wildman–Crippen LogP) is 2.12. The van der Waals surface area contributed by atoms with Crippen molar-refractivity contribution in [2.24, 2.45) is 11.7 Å². The first-order chi connectivity index (χ1) is 8.83. The number of nitrogens with zero attached hydrogens (tertiary/aromatic N) is 1. The number of aromatic nitrogens is 1. The highest BCUT2D eigenvalue weighted by Gasteiger charge is 2.24. The Morgan fingerprint density at radius 2 is 2.17 bits per heavy atom. The first kappa shape index (κ1) is 13.3. The molecule has 1 aliphatic carbocycles. The molecule has 0 bridgehead atoms. The Hall–Kier alpha value is -1.13. The number of methoxy groups -OCH3 is 1. The van der Waals surface area contributed by atoms with Gasteiger partial charge in [0.05, 0.1) is 25.5 Å². The minimum atomic E-state index is 0.289. The summed E-state index contributed by atoms with van der Waals surface area (Å²) < 4.78 is 11.1. The molecule has 1 aromatic rings. The van der Waals surface area contributed by atoms with Crippen LogP contribution >= 0.6 is 0 Å². The van der Waals surface area contributed by atoms with Gasteiger partial charge >= 0.3 is 0 Å². The van der Waals surface area contributed by atoms with Crippen LogP contribution in [0.25, 0.3) is 0 Å². The van der Waals surface area contributed by atoms with E-state index in [1.165, 1.54) is 19.3 Å². The van der Waals surface area contributed by atoms with Crippen molar-refractivity contribution in [1.82, 2.24) is 4.98 Å². The zero-order valence-electron chi connectivity index (χ0n) is 11.0. The van der Waals surface area contributed by atoms with Crippen molar-refractivity contribution in [2.45, 2.75) is 38.4 Å². The van der Waals surface area contributed by atoms with Crippen molar-refractivity contribution in [3.8, 4) is 5.88 Å². The van der Waals surface area contributed by atoms with Crippen LogP contribution in [-0.4, -0.2) is 24.7 Å². The average molecular weight is 250 g/mol. The molecule has 1 fully saturated rings. The van der Waals surface area contributed by atoms with Gasteiger partial charge in [0, 0.05) is 6.07 Å². The molecule has 100 valence electrons. The third-order valence-corrected chi connectivity index (χ3v) is 3.58. The van der Waals surface area contributed by atoms with Crippen LogP contribution in [0.1, 0.15) is 31.4 Å².